The Morgan fingerprint density at radius 3 is 2.57 bits per heavy atom. The minimum Gasteiger partial charge on any atom is -1.00 e. The van der Waals surface area contributed by atoms with Crippen LogP contribution in [0.15, 0.2) is 48.8 Å². The van der Waals surface area contributed by atoms with Gasteiger partial charge in [-0.15, -0.1) is 0 Å². The van der Waals surface area contributed by atoms with E-state index in [1.807, 2.05) is 41.2 Å². The Bertz CT molecular complexity index is 588. The van der Waals surface area contributed by atoms with Gasteiger partial charge in [0.15, 0.2) is 18.9 Å². The Labute approximate surface area is 135 Å². The summed E-state index contributed by atoms with van der Waals surface area (Å²) in [7, 11) is 1.36. The number of benzene rings is 1. The molecule has 0 saturated heterocycles. The van der Waals surface area contributed by atoms with Gasteiger partial charge in [-0.1, -0.05) is 37.3 Å². The second-order valence-corrected chi connectivity index (χ2v) is 4.51. The predicted molar refractivity (Wildman–Crippen MR) is 77.6 cm³/mol. The molecule has 5 heteroatoms. The molecule has 0 fully saturated rings. The van der Waals surface area contributed by atoms with Gasteiger partial charge in [-0.25, -0.2) is 4.79 Å². The molecular weight excluding hydrogens is 332 g/mol. The SMILES string of the molecule is CCc1cc[n+](Cc2ccccc2)cc1NC(=O)OC.[Br-]. The topological polar surface area (TPSA) is 42.2 Å². The molecule has 2 rings (SSSR count). The Balaban J connectivity index is 0.00000220. The lowest BCUT2D eigenvalue weighted by atomic mass is 10.1. The van der Waals surface area contributed by atoms with Crippen molar-refractivity contribution in [2.24, 2.45) is 0 Å². The molecule has 0 unspecified atom stereocenters. The highest BCUT2D eigenvalue weighted by Crippen LogP contribution is 2.13. The summed E-state index contributed by atoms with van der Waals surface area (Å²) in [6.45, 7) is 2.82. The third-order valence-corrected chi connectivity index (χ3v) is 3.12. The van der Waals surface area contributed by atoms with Crippen LogP contribution < -0.4 is 26.9 Å². The largest absolute Gasteiger partial charge is 1.00 e. The fourth-order valence-electron chi connectivity index (χ4n) is 2.04. The van der Waals surface area contributed by atoms with Gasteiger partial charge < -0.3 is 21.7 Å². The second kappa shape index (κ2) is 8.42. The Kier molecular flexibility index (Phi) is 6.88. The van der Waals surface area contributed by atoms with Crippen LogP contribution >= 0.6 is 0 Å². The number of aryl methyl sites for hydroxylation is 1. The maximum absolute atomic E-state index is 11.4. The zero-order valence-electron chi connectivity index (χ0n) is 12.2. The molecule has 0 bridgehead atoms. The van der Waals surface area contributed by atoms with E-state index in [1.54, 1.807) is 0 Å². The summed E-state index contributed by atoms with van der Waals surface area (Å²) >= 11 is 0. The smallest absolute Gasteiger partial charge is 0.411 e. The van der Waals surface area contributed by atoms with Crippen molar-refractivity contribution in [1.82, 2.24) is 0 Å². The number of halogens is 1. The number of nitrogens with one attached hydrogen (secondary N) is 1. The first-order valence-corrected chi connectivity index (χ1v) is 6.63. The van der Waals surface area contributed by atoms with Crippen LogP contribution in [0, 0.1) is 0 Å². The number of carbonyl (C=O) groups excluding carboxylic acids is 1. The van der Waals surface area contributed by atoms with Crippen molar-refractivity contribution in [3.8, 4) is 0 Å². The van der Waals surface area contributed by atoms with E-state index in [0.29, 0.717) is 0 Å². The molecule has 21 heavy (non-hydrogen) atoms. The number of ether oxygens (including phenoxy) is 1. The highest BCUT2D eigenvalue weighted by molar-refractivity contribution is 5.85. The molecule has 0 aliphatic carbocycles. The number of anilines is 1. The predicted octanol–water partition coefficient (Wildman–Crippen LogP) is -0.233. The second-order valence-electron chi connectivity index (χ2n) is 4.51. The average Bonchev–Trinajstić information content (AvgIpc) is 2.48. The van der Waals surface area contributed by atoms with Gasteiger partial charge in [0, 0.05) is 11.6 Å². The van der Waals surface area contributed by atoms with Crippen molar-refractivity contribution in [2.45, 2.75) is 19.9 Å². The number of hydrogen-bond donors (Lipinski definition) is 1. The molecule has 1 aromatic heterocycles. The first-order chi connectivity index (χ1) is 9.72. The van der Waals surface area contributed by atoms with E-state index >= 15 is 0 Å². The minimum atomic E-state index is -0.447. The monoisotopic (exact) mass is 350 g/mol. The van der Waals surface area contributed by atoms with Crippen LogP contribution in [0.3, 0.4) is 0 Å². The number of amides is 1. The molecule has 0 radical (unpaired) electrons. The quantitative estimate of drug-likeness (QED) is 0.774. The minimum absolute atomic E-state index is 0. The number of hydrogen-bond acceptors (Lipinski definition) is 2. The van der Waals surface area contributed by atoms with Crippen LogP contribution in [-0.2, 0) is 17.7 Å². The number of rotatable bonds is 4. The molecule has 0 aliphatic heterocycles. The molecule has 0 spiro atoms. The third-order valence-electron chi connectivity index (χ3n) is 3.12. The fraction of sp³-hybridized carbons (Fsp3) is 0.250. The van der Waals surface area contributed by atoms with E-state index in [9.17, 15) is 4.79 Å². The van der Waals surface area contributed by atoms with Crippen LogP contribution in [-0.4, -0.2) is 13.2 Å². The Hall–Kier alpha value is -1.88. The molecule has 1 N–H and O–H groups in total. The van der Waals surface area contributed by atoms with Gasteiger partial charge in [-0.05, 0) is 12.0 Å². The lowest BCUT2D eigenvalue weighted by Crippen LogP contribution is -3.00. The van der Waals surface area contributed by atoms with Crippen LogP contribution in [0.2, 0.25) is 0 Å². The van der Waals surface area contributed by atoms with Crippen LogP contribution in [0.25, 0.3) is 0 Å². The van der Waals surface area contributed by atoms with Crippen molar-refractivity contribution in [3.05, 3.63) is 59.9 Å². The lowest BCUT2D eigenvalue weighted by Gasteiger charge is -2.07. The van der Waals surface area contributed by atoms with Gasteiger partial charge >= 0.3 is 6.09 Å². The van der Waals surface area contributed by atoms with Crippen molar-refractivity contribution in [3.63, 3.8) is 0 Å². The Morgan fingerprint density at radius 2 is 1.95 bits per heavy atom. The summed E-state index contributed by atoms with van der Waals surface area (Å²) < 4.78 is 6.69. The summed E-state index contributed by atoms with van der Waals surface area (Å²) in [5.74, 6) is 0. The molecule has 1 aromatic carbocycles. The van der Waals surface area contributed by atoms with E-state index in [1.165, 1.54) is 12.7 Å². The highest BCUT2D eigenvalue weighted by Gasteiger charge is 2.11. The van der Waals surface area contributed by atoms with E-state index in [-0.39, 0.29) is 17.0 Å². The summed E-state index contributed by atoms with van der Waals surface area (Å²) in [4.78, 5) is 11.4. The fourth-order valence-corrected chi connectivity index (χ4v) is 2.04. The molecule has 1 heterocycles. The molecule has 0 aliphatic rings. The molecule has 4 nitrogen and oxygen atoms in total. The van der Waals surface area contributed by atoms with E-state index in [4.69, 9.17) is 0 Å². The summed E-state index contributed by atoms with van der Waals surface area (Å²) in [6.07, 6.45) is 4.36. The lowest BCUT2D eigenvalue weighted by molar-refractivity contribution is -0.687. The molecule has 2 aromatic rings. The van der Waals surface area contributed by atoms with Crippen molar-refractivity contribution in [2.75, 3.05) is 12.4 Å². The van der Waals surface area contributed by atoms with Crippen LogP contribution in [0.1, 0.15) is 18.1 Å². The molecular formula is C16H19BrN2O2. The summed E-state index contributed by atoms with van der Waals surface area (Å²) in [5.41, 5.74) is 3.09. The maximum Gasteiger partial charge on any atom is 0.411 e. The standard InChI is InChI=1S/C16H18N2O2.BrH/c1-3-14-9-10-18(11-13-7-5-4-6-8-13)12-15(14)17-16(19)20-2;/h4-10,12H,3,11H2,1-2H3;1H. The number of aromatic nitrogens is 1. The highest BCUT2D eigenvalue weighted by atomic mass is 79.9. The van der Waals surface area contributed by atoms with Crippen molar-refractivity contribution in [1.29, 1.82) is 0 Å². The van der Waals surface area contributed by atoms with Gasteiger partial charge in [0.1, 0.15) is 5.69 Å². The van der Waals surface area contributed by atoms with Crippen molar-refractivity contribution < 1.29 is 31.1 Å². The molecule has 112 valence electrons. The van der Waals surface area contributed by atoms with Crippen molar-refractivity contribution >= 4 is 11.8 Å². The van der Waals surface area contributed by atoms with Crippen LogP contribution in [0.5, 0.6) is 0 Å². The van der Waals surface area contributed by atoms with Gasteiger partial charge in [0.05, 0.1) is 7.11 Å². The van der Waals surface area contributed by atoms with Gasteiger partial charge in [0.2, 0.25) is 0 Å². The summed E-state index contributed by atoms with van der Waals surface area (Å²) in [6, 6.07) is 12.2. The normalized spacial score (nSPS) is 9.62. The molecule has 0 atom stereocenters. The Morgan fingerprint density at radius 1 is 1.24 bits per heavy atom. The van der Waals surface area contributed by atoms with E-state index in [2.05, 4.69) is 29.1 Å². The third kappa shape index (κ3) is 4.86. The average molecular weight is 351 g/mol. The zero-order chi connectivity index (χ0) is 14.4. The van der Waals surface area contributed by atoms with Crippen LogP contribution in [0.4, 0.5) is 10.5 Å². The summed E-state index contributed by atoms with van der Waals surface area (Å²) in [5, 5.41) is 2.76. The number of nitrogens with zero attached hydrogens (tertiary/aromatic N) is 1. The van der Waals surface area contributed by atoms with Gasteiger partial charge in [-0.2, -0.15) is 4.57 Å². The maximum atomic E-state index is 11.4. The molecule has 1 amide bonds. The van der Waals surface area contributed by atoms with E-state index < -0.39 is 6.09 Å². The number of carbonyl (C=O) groups is 1. The first-order valence-electron chi connectivity index (χ1n) is 6.63. The molecule has 0 saturated carbocycles. The van der Waals surface area contributed by atoms with E-state index in [0.717, 1.165) is 24.2 Å². The first kappa shape index (κ1) is 17.2. The van der Waals surface area contributed by atoms with Gasteiger partial charge in [0.25, 0.3) is 0 Å². The number of pyridine rings is 1. The zero-order valence-corrected chi connectivity index (χ0v) is 13.8. The number of methoxy groups -OCH3 is 1. The van der Waals surface area contributed by atoms with Gasteiger partial charge in [-0.3, -0.25) is 5.32 Å².